The van der Waals surface area contributed by atoms with Crippen LogP contribution in [-0.2, 0) is 6.42 Å². The van der Waals surface area contributed by atoms with Crippen LogP contribution in [0.4, 0.5) is 0 Å². The van der Waals surface area contributed by atoms with Gasteiger partial charge in [0.25, 0.3) is 17.2 Å². The Labute approximate surface area is 170 Å². The predicted octanol–water partition coefficient (Wildman–Crippen LogP) is 1.55. The second-order valence-electron chi connectivity index (χ2n) is 6.79. The molecule has 0 radical (unpaired) electrons. The number of benzene rings is 1. The Bertz CT molecular complexity index is 1340. The average Bonchev–Trinajstić information content (AvgIpc) is 3.05. The molecule has 152 valence electrons. The van der Waals surface area contributed by atoms with E-state index in [2.05, 4.69) is 20.5 Å². The maximum atomic E-state index is 12.9. The first-order valence-electron chi connectivity index (χ1n) is 9.61. The maximum absolute atomic E-state index is 12.9. The zero-order valence-electron chi connectivity index (χ0n) is 16.2. The first-order valence-corrected chi connectivity index (χ1v) is 9.61. The number of carbonyl (C=O) groups is 1. The summed E-state index contributed by atoms with van der Waals surface area (Å²) >= 11 is 0. The van der Waals surface area contributed by atoms with Gasteiger partial charge >= 0.3 is 0 Å². The largest absolute Gasteiger partial charge is 0.490 e. The fraction of sp³-hybridized carbons (Fsp3) is 0.250. The molecule has 0 bridgehead atoms. The van der Waals surface area contributed by atoms with Crippen LogP contribution in [0.1, 0.15) is 29.5 Å². The van der Waals surface area contributed by atoms with Gasteiger partial charge in [0.15, 0.2) is 17.3 Å². The standard InChI is InChI=1S/C20H18N6O4/c1-2-17-22-20-21-11-13-14(26(20)23-17)6-7-25(19(13)28)24-18(27)12-4-5-15-16(10-12)30-9-3-8-29-15/h4-7,10-11H,2-3,8-9H2,1H3,(H,24,27). The topological polar surface area (TPSA) is 113 Å². The fourth-order valence-electron chi connectivity index (χ4n) is 3.28. The van der Waals surface area contributed by atoms with Gasteiger partial charge in [0, 0.05) is 30.8 Å². The number of carbonyl (C=O) groups excluding carboxylic acids is 1. The summed E-state index contributed by atoms with van der Waals surface area (Å²) in [4.78, 5) is 34.1. The molecule has 0 fully saturated rings. The molecule has 5 rings (SSSR count). The van der Waals surface area contributed by atoms with Crippen LogP contribution in [-0.4, -0.2) is 43.4 Å². The first kappa shape index (κ1) is 18.1. The van der Waals surface area contributed by atoms with Crippen LogP contribution in [0.15, 0.2) is 41.5 Å². The number of nitrogens with one attached hydrogen (secondary N) is 1. The average molecular weight is 406 g/mol. The van der Waals surface area contributed by atoms with E-state index in [1.54, 1.807) is 24.3 Å². The molecular formula is C20H18N6O4. The number of aromatic nitrogens is 5. The Kier molecular flexibility index (Phi) is 4.31. The Morgan fingerprint density at radius 3 is 2.87 bits per heavy atom. The molecule has 0 saturated heterocycles. The van der Waals surface area contributed by atoms with Crippen molar-refractivity contribution in [1.29, 1.82) is 0 Å². The molecule has 1 aromatic carbocycles. The van der Waals surface area contributed by atoms with E-state index in [0.717, 1.165) is 11.1 Å². The summed E-state index contributed by atoms with van der Waals surface area (Å²) in [6.07, 6.45) is 4.36. The normalized spacial score (nSPS) is 13.4. The van der Waals surface area contributed by atoms with Crippen LogP contribution < -0.4 is 20.5 Å². The van der Waals surface area contributed by atoms with Crippen LogP contribution >= 0.6 is 0 Å². The molecule has 4 heterocycles. The Morgan fingerprint density at radius 1 is 1.20 bits per heavy atom. The molecule has 0 atom stereocenters. The number of rotatable bonds is 3. The van der Waals surface area contributed by atoms with E-state index in [4.69, 9.17) is 9.47 Å². The van der Waals surface area contributed by atoms with Gasteiger partial charge in [-0.3, -0.25) is 15.0 Å². The molecule has 1 aliphatic heterocycles. The van der Waals surface area contributed by atoms with E-state index in [1.165, 1.54) is 16.9 Å². The fourth-order valence-corrected chi connectivity index (χ4v) is 3.28. The van der Waals surface area contributed by atoms with Crippen molar-refractivity contribution in [1.82, 2.24) is 24.3 Å². The van der Waals surface area contributed by atoms with Crippen molar-refractivity contribution in [2.45, 2.75) is 19.8 Å². The summed E-state index contributed by atoms with van der Waals surface area (Å²) in [6, 6.07) is 6.61. The third-order valence-corrected chi connectivity index (χ3v) is 4.83. The monoisotopic (exact) mass is 406 g/mol. The lowest BCUT2D eigenvalue weighted by Gasteiger charge is -2.11. The molecule has 1 N–H and O–H groups in total. The van der Waals surface area contributed by atoms with Gasteiger partial charge in [-0.1, -0.05) is 6.92 Å². The molecule has 10 heteroatoms. The highest BCUT2D eigenvalue weighted by atomic mass is 16.5. The number of nitrogens with zero attached hydrogens (tertiary/aromatic N) is 5. The third kappa shape index (κ3) is 3.02. The molecule has 0 spiro atoms. The van der Waals surface area contributed by atoms with E-state index in [0.29, 0.717) is 59.2 Å². The predicted molar refractivity (Wildman–Crippen MR) is 108 cm³/mol. The van der Waals surface area contributed by atoms with Crippen LogP contribution in [0.25, 0.3) is 16.7 Å². The summed E-state index contributed by atoms with van der Waals surface area (Å²) in [5.74, 6) is 1.72. The molecule has 10 nitrogen and oxygen atoms in total. The molecule has 0 unspecified atom stereocenters. The maximum Gasteiger partial charge on any atom is 0.280 e. The molecule has 0 saturated carbocycles. The van der Waals surface area contributed by atoms with E-state index >= 15 is 0 Å². The lowest BCUT2D eigenvalue weighted by atomic mass is 10.2. The lowest BCUT2D eigenvalue weighted by Crippen LogP contribution is -2.33. The van der Waals surface area contributed by atoms with Crippen LogP contribution in [0.5, 0.6) is 11.5 Å². The van der Waals surface area contributed by atoms with Gasteiger partial charge in [0.2, 0.25) is 0 Å². The van der Waals surface area contributed by atoms with Gasteiger partial charge in [-0.15, -0.1) is 5.10 Å². The minimum Gasteiger partial charge on any atom is -0.490 e. The van der Waals surface area contributed by atoms with Crippen molar-refractivity contribution in [3.05, 3.63) is 58.4 Å². The van der Waals surface area contributed by atoms with Crippen molar-refractivity contribution in [3.8, 4) is 11.5 Å². The molecule has 3 aromatic heterocycles. The zero-order valence-corrected chi connectivity index (χ0v) is 16.2. The van der Waals surface area contributed by atoms with Gasteiger partial charge in [0.1, 0.15) is 0 Å². The Morgan fingerprint density at radius 2 is 2.03 bits per heavy atom. The number of ether oxygens (including phenoxy) is 2. The van der Waals surface area contributed by atoms with Gasteiger partial charge in [-0.05, 0) is 24.3 Å². The molecule has 1 aliphatic rings. The highest BCUT2D eigenvalue weighted by molar-refractivity contribution is 6.00. The Balaban J connectivity index is 1.48. The number of aryl methyl sites for hydroxylation is 1. The van der Waals surface area contributed by atoms with E-state index in [1.807, 2.05) is 6.92 Å². The van der Waals surface area contributed by atoms with Gasteiger partial charge in [-0.25, -0.2) is 9.66 Å². The summed E-state index contributed by atoms with van der Waals surface area (Å²) in [7, 11) is 0. The van der Waals surface area contributed by atoms with Crippen molar-refractivity contribution in [2.24, 2.45) is 0 Å². The molecule has 1 amide bonds. The zero-order chi connectivity index (χ0) is 20.7. The SMILES string of the molecule is CCc1nc2ncc3c(=O)n(NC(=O)c4ccc5c(c4)OCCCO5)ccc3n2n1. The summed E-state index contributed by atoms with van der Waals surface area (Å²) < 4.78 is 13.9. The highest BCUT2D eigenvalue weighted by Gasteiger charge is 2.16. The summed E-state index contributed by atoms with van der Waals surface area (Å²) in [6.45, 7) is 3.03. The summed E-state index contributed by atoms with van der Waals surface area (Å²) in [5.41, 5.74) is 3.10. The smallest absolute Gasteiger partial charge is 0.280 e. The van der Waals surface area contributed by atoms with Crippen LogP contribution in [0.3, 0.4) is 0 Å². The lowest BCUT2D eigenvalue weighted by molar-refractivity contribution is 0.101. The van der Waals surface area contributed by atoms with Crippen molar-refractivity contribution < 1.29 is 14.3 Å². The second kappa shape index (κ2) is 7.14. The second-order valence-corrected chi connectivity index (χ2v) is 6.79. The third-order valence-electron chi connectivity index (χ3n) is 4.83. The van der Waals surface area contributed by atoms with Crippen molar-refractivity contribution in [3.63, 3.8) is 0 Å². The minimum atomic E-state index is -0.449. The van der Waals surface area contributed by atoms with Crippen LogP contribution in [0.2, 0.25) is 0 Å². The summed E-state index contributed by atoms with van der Waals surface area (Å²) in [5, 5.41) is 4.69. The molecule has 30 heavy (non-hydrogen) atoms. The van der Waals surface area contributed by atoms with Crippen LogP contribution in [0, 0.1) is 0 Å². The van der Waals surface area contributed by atoms with Gasteiger partial charge in [-0.2, -0.15) is 9.50 Å². The van der Waals surface area contributed by atoms with Crippen molar-refractivity contribution in [2.75, 3.05) is 18.6 Å². The first-order chi connectivity index (χ1) is 14.6. The number of pyridine rings is 1. The number of fused-ring (bicyclic) bond motifs is 4. The number of amides is 1. The van der Waals surface area contributed by atoms with Crippen molar-refractivity contribution >= 4 is 22.6 Å². The van der Waals surface area contributed by atoms with E-state index in [9.17, 15) is 9.59 Å². The number of hydrogen-bond donors (Lipinski definition) is 1. The van der Waals surface area contributed by atoms with E-state index in [-0.39, 0.29) is 0 Å². The van der Waals surface area contributed by atoms with Gasteiger partial charge < -0.3 is 9.47 Å². The Hall–Kier alpha value is -3.95. The quantitative estimate of drug-likeness (QED) is 0.549. The molecule has 4 aromatic rings. The number of hydrogen-bond acceptors (Lipinski definition) is 7. The molecule has 0 aliphatic carbocycles. The molecular weight excluding hydrogens is 388 g/mol. The minimum absolute atomic E-state index is 0.316. The van der Waals surface area contributed by atoms with Gasteiger partial charge in [0.05, 0.1) is 24.1 Å². The highest BCUT2D eigenvalue weighted by Crippen LogP contribution is 2.30. The van der Waals surface area contributed by atoms with E-state index < -0.39 is 11.5 Å².